The highest BCUT2D eigenvalue weighted by atomic mass is 32.2. The predicted molar refractivity (Wildman–Crippen MR) is 108 cm³/mol. The SMILES string of the molecule is CCCSC1=N/C(=C\c2ccc(OCc3ccccc3)cc2)C(=O)S1. The maximum atomic E-state index is 12.0. The third-order valence-corrected chi connectivity index (χ3v) is 5.68. The molecule has 0 saturated carbocycles. The second kappa shape index (κ2) is 8.92. The monoisotopic (exact) mass is 369 g/mol. The molecule has 0 N–H and O–H groups in total. The van der Waals surface area contributed by atoms with Crippen LogP contribution in [0.5, 0.6) is 5.75 Å². The van der Waals surface area contributed by atoms with Gasteiger partial charge in [-0.15, -0.1) is 0 Å². The van der Waals surface area contributed by atoms with E-state index in [2.05, 4.69) is 11.9 Å². The number of benzene rings is 2. The molecular formula is C20H19NO2S2. The van der Waals surface area contributed by atoms with E-state index in [-0.39, 0.29) is 5.12 Å². The highest BCUT2D eigenvalue weighted by molar-refractivity contribution is 8.45. The summed E-state index contributed by atoms with van der Waals surface area (Å²) in [5.41, 5.74) is 2.59. The summed E-state index contributed by atoms with van der Waals surface area (Å²) in [6.07, 6.45) is 2.90. The first-order valence-electron chi connectivity index (χ1n) is 8.17. The van der Waals surface area contributed by atoms with Gasteiger partial charge >= 0.3 is 0 Å². The first-order valence-corrected chi connectivity index (χ1v) is 9.97. The summed E-state index contributed by atoms with van der Waals surface area (Å²) < 4.78 is 6.62. The zero-order valence-corrected chi connectivity index (χ0v) is 15.6. The molecule has 1 aliphatic rings. The number of hydrogen-bond donors (Lipinski definition) is 0. The maximum Gasteiger partial charge on any atom is 0.244 e. The smallest absolute Gasteiger partial charge is 0.244 e. The van der Waals surface area contributed by atoms with E-state index in [4.69, 9.17) is 4.74 Å². The van der Waals surface area contributed by atoms with Gasteiger partial charge < -0.3 is 4.74 Å². The van der Waals surface area contributed by atoms with Crippen LogP contribution in [-0.2, 0) is 11.4 Å². The molecule has 0 aliphatic carbocycles. The van der Waals surface area contributed by atoms with E-state index < -0.39 is 0 Å². The van der Waals surface area contributed by atoms with Gasteiger partial charge in [-0.05, 0) is 53.3 Å². The Kier molecular flexibility index (Phi) is 6.36. The summed E-state index contributed by atoms with van der Waals surface area (Å²) in [4.78, 5) is 16.4. The molecule has 0 spiro atoms. The molecule has 0 fully saturated rings. The Labute approximate surface area is 156 Å². The number of rotatable bonds is 6. The van der Waals surface area contributed by atoms with Crippen molar-refractivity contribution in [1.29, 1.82) is 0 Å². The van der Waals surface area contributed by atoms with E-state index >= 15 is 0 Å². The van der Waals surface area contributed by atoms with Crippen LogP contribution in [0.15, 0.2) is 65.3 Å². The Morgan fingerprint density at radius 2 is 1.88 bits per heavy atom. The Morgan fingerprint density at radius 3 is 2.60 bits per heavy atom. The van der Waals surface area contributed by atoms with Crippen LogP contribution in [0.4, 0.5) is 0 Å². The van der Waals surface area contributed by atoms with Crippen LogP contribution in [0.25, 0.3) is 6.08 Å². The molecule has 5 heteroatoms. The van der Waals surface area contributed by atoms with Crippen molar-refractivity contribution in [3.8, 4) is 5.75 Å². The minimum atomic E-state index is 0.0167. The summed E-state index contributed by atoms with van der Waals surface area (Å²) >= 11 is 2.86. The van der Waals surface area contributed by atoms with Crippen molar-refractivity contribution in [3.05, 3.63) is 71.4 Å². The van der Waals surface area contributed by atoms with Crippen molar-refractivity contribution in [2.75, 3.05) is 5.75 Å². The zero-order valence-electron chi connectivity index (χ0n) is 14.0. The van der Waals surface area contributed by atoms with Crippen LogP contribution < -0.4 is 4.74 Å². The fraction of sp³-hybridized carbons (Fsp3) is 0.200. The van der Waals surface area contributed by atoms with Crippen molar-refractivity contribution in [2.45, 2.75) is 20.0 Å². The van der Waals surface area contributed by atoms with Crippen LogP contribution >= 0.6 is 23.5 Å². The largest absolute Gasteiger partial charge is 0.489 e. The lowest BCUT2D eigenvalue weighted by molar-refractivity contribution is -0.107. The molecule has 3 rings (SSSR count). The summed E-state index contributed by atoms with van der Waals surface area (Å²) in [5, 5.41) is 0.0167. The molecule has 1 aliphatic heterocycles. The van der Waals surface area contributed by atoms with Crippen molar-refractivity contribution in [2.24, 2.45) is 4.99 Å². The fourth-order valence-electron chi connectivity index (χ4n) is 2.20. The molecule has 128 valence electrons. The Bertz CT molecular complexity index is 783. The molecule has 0 radical (unpaired) electrons. The van der Waals surface area contributed by atoms with Gasteiger partial charge in [-0.1, -0.05) is 61.2 Å². The molecule has 1 heterocycles. The molecule has 2 aromatic rings. The van der Waals surface area contributed by atoms with E-state index in [0.717, 1.165) is 33.4 Å². The van der Waals surface area contributed by atoms with Crippen LogP contribution in [0.1, 0.15) is 24.5 Å². The summed E-state index contributed by atoms with van der Waals surface area (Å²) in [6.45, 7) is 2.66. The molecule has 0 saturated heterocycles. The van der Waals surface area contributed by atoms with Crippen LogP contribution in [0, 0.1) is 0 Å². The average Bonchev–Trinajstić information content (AvgIpc) is 3.00. The summed E-state index contributed by atoms with van der Waals surface area (Å²) in [6, 6.07) is 17.8. The van der Waals surface area contributed by atoms with Gasteiger partial charge in [0.1, 0.15) is 22.4 Å². The van der Waals surface area contributed by atoms with Crippen LogP contribution in [-0.4, -0.2) is 15.2 Å². The molecule has 0 aromatic heterocycles. The maximum absolute atomic E-state index is 12.0. The molecule has 3 nitrogen and oxygen atoms in total. The molecule has 25 heavy (non-hydrogen) atoms. The molecule has 0 unspecified atom stereocenters. The lowest BCUT2D eigenvalue weighted by atomic mass is 10.2. The highest BCUT2D eigenvalue weighted by Crippen LogP contribution is 2.31. The van der Waals surface area contributed by atoms with E-state index in [1.807, 2.05) is 60.7 Å². The number of thioether (sulfide) groups is 2. The Hall–Kier alpha value is -1.98. The Morgan fingerprint density at radius 1 is 1.12 bits per heavy atom. The van der Waals surface area contributed by atoms with Crippen LogP contribution in [0.3, 0.4) is 0 Å². The third kappa shape index (κ3) is 5.25. The number of nitrogens with zero attached hydrogens (tertiary/aromatic N) is 1. The van der Waals surface area contributed by atoms with E-state index in [0.29, 0.717) is 12.3 Å². The minimum Gasteiger partial charge on any atom is -0.489 e. The molecule has 2 aromatic carbocycles. The van der Waals surface area contributed by atoms with Gasteiger partial charge in [0.2, 0.25) is 5.12 Å². The highest BCUT2D eigenvalue weighted by Gasteiger charge is 2.22. The van der Waals surface area contributed by atoms with Crippen molar-refractivity contribution >= 4 is 39.1 Å². The van der Waals surface area contributed by atoms with E-state index in [1.54, 1.807) is 11.8 Å². The molecule has 0 amide bonds. The first-order chi connectivity index (χ1) is 12.2. The number of carbonyl (C=O) groups is 1. The molecule has 0 bridgehead atoms. The lowest BCUT2D eigenvalue weighted by Crippen LogP contribution is -1.94. The van der Waals surface area contributed by atoms with Gasteiger partial charge in [0.15, 0.2) is 0 Å². The third-order valence-electron chi connectivity index (χ3n) is 3.46. The number of hydrogen-bond acceptors (Lipinski definition) is 5. The fourth-order valence-corrected chi connectivity index (χ4v) is 3.97. The standard InChI is InChI=1S/C20H19NO2S2/c1-2-12-24-20-21-18(19(22)25-20)13-15-8-10-17(11-9-15)23-14-16-6-4-3-5-7-16/h3-11,13H,2,12,14H2,1H3/b18-13-. The minimum absolute atomic E-state index is 0.0167. The zero-order chi connectivity index (χ0) is 17.5. The van der Waals surface area contributed by atoms with Gasteiger partial charge in [0, 0.05) is 0 Å². The number of aliphatic imine (C=N–C) groups is 1. The second-order valence-corrected chi connectivity index (χ2v) is 7.79. The van der Waals surface area contributed by atoms with Crippen molar-refractivity contribution in [3.63, 3.8) is 0 Å². The summed E-state index contributed by atoms with van der Waals surface area (Å²) in [5.74, 6) is 1.79. The van der Waals surface area contributed by atoms with E-state index in [1.165, 1.54) is 11.8 Å². The number of carbonyl (C=O) groups excluding carboxylic acids is 1. The molecule has 0 atom stereocenters. The van der Waals surface area contributed by atoms with Gasteiger partial charge in [0.25, 0.3) is 0 Å². The van der Waals surface area contributed by atoms with Crippen molar-refractivity contribution in [1.82, 2.24) is 0 Å². The van der Waals surface area contributed by atoms with Crippen molar-refractivity contribution < 1.29 is 9.53 Å². The topological polar surface area (TPSA) is 38.7 Å². The predicted octanol–water partition coefficient (Wildman–Crippen LogP) is 5.38. The second-order valence-electron chi connectivity index (χ2n) is 5.49. The molecular weight excluding hydrogens is 350 g/mol. The van der Waals surface area contributed by atoms with Crippen LogP contribution in [0.2, 0.25) is 0 Å². The lowest BCUT2D eigenvalue weighted by Gasteiger charge is -2.06. The first kappa shape index (κ1) is 17.8. The quantitative estimate of drug-likeness (QED) is 0.641. The normalized spacial score (nSPS) is 15.5. The average molecular weight is 370 g/mol. The van der Waals surface area contributed by atoms with E-state index in [9.17, 15) is 4.79 Å². The summed E-state index contributed by atoms with van der Waals surface area (Å²) in [7, 11) is 0. The van der Waals surface area contributed by atoms with Gasteiger partial charge in [-0.25, -0.2) is 4.99 Å². The van der Waals surface area contributed by atoms with Gasteiger partial charge in [0.05, 0.1) is 0 Å². The Balaban J connectivity index is 1.62. The van der Waals surface area contributed by atoms with Gasteiger partial charge in [-0.3, -0.25) is 4.79 Å². The van der Waals surface area contributed by atoms with Gasteiger partial charge in [-0.2, -0.15) is 0 Å². The number of ether oxygens (including phenoxy) is 1.